The highest BCUT2D eigenvalue weighted by Crippen LogP contribution is 2.34. The van der Waals surface area contributed by atoms with Crippen LogP contribution in [0.1, 0.15) is 30.7 Å². The van der Waals surface area contributed by atoms with Crippen LogP contribution in [0.4, 0.5) is 0 Å². The molecule has 3 atom stereocenters. The van der Waals surface area contributed by atoms with Gasteiger partial charge in [-0.3, -0.25) is 4.90 Å². The molecule has 2 aliphatic rings. The maximum absolute atomic E-state index is 6.43. The molecular formula is C17H27N3. The minimum atomic E-state index is 0.360. The maximum atomic E-state index is 6.43. The van der Waals surface area contributed by atoms with Gasteiger partial charge in [0.15, 0.2) is 0 Å². The fourth-order valence-corrected chi connectivity index (χ4v) is 3.77. The summed E-state index contributed by atoms with van der Waals surface area (Å²) in [6.45, 7) is 4.71. The minimum absolute atomic E-state index is 0.360. The first kappa shape index (κ1) is 14.1. The lowest BCUT2D eigenvalue weighted by Gasteiger charge is -2.44. The van der Waals surface area contributed by atoms with E-state index in [1.54, 1.807) is 0 Å². The summed E-state index contributed by atoms with van der Waals surface area (Å²) in [6, 6.07) is 11.9. The number of hydrogen-bond donors (Lipinski definition) is 1. The van der Waals surface area contributed by atoms with Crippen molar-refractivity contribution < 1.29 is 0 Å². The normalized spacial score (nSPS) is 33.2. The monoisotopic (exact) mass is 273 g/mol. The summed E-state index contributed by atoms with van der Waals surface area (Å²) in [7, 11) is 2.21. The molecule has 1 saturated carbocycles. The minimum Gasteiger partial charge on any atom is -0.326 e. The van der Waals surface area contributed by atoms with Crippen molar-refractivity contribution in [3.63, 3.8) is 0 Å². The van der Waals surface area contributed by atoms with Gasteiger partial charge in [-0.15, -0.1) is 0 Å². The van der Waals surface area contributed by atoms with E-state index in [9.17, 15) is 0 Å². The van der Waals surface area contributed by atoms with E-state index in [0.29, 0.717) is 18.0 Å². The van der Waals surface area contributed by atoms with E-state index in [-0.39, 0.29) is 0 Å². The zero-order chi connectivity index (χ0) is 13.9. The van der Waals surface area contributed by atoms with Crippen molar-refractivity contribution in [2.75, 3.05) is 33.2 Å². The van der Waals surface area contributed by atoms with E-state index in [1.165, 1.54) is 44.6 Å². The number of rotatable bonds is 2. The molecule has 3 unspecified atom stereocenters. The summed E-state index contributed by atoms with van der Waals surface area (Å²) in [5, 5.41) is 0. The Morgan fingerprint density at radius 1 is 1.00 bits per heavy atom. The standard InChI is InChI=1S/C17H27N3/c1-19-9-11-20(12-10-19)17-13-15(7-8-16(17)18)14-5-3-2-4-6-14/h2-6,15-17H,7-13,18H2,1H3. The largest absolute Gasteiger partial charge is 0.326 e. The number of benzene rings is 1. The summed E-state index contributed by atoms with van der Waals surface area (Å²) < 4.78 is 0. The van der Waals surface area contributed by atoms with Gasteiger partial charge in [0.05, 0.1) is 0 Å². The van der Waals surface area contributed by atoms with E-state index in [2.05, 4.69) is 47.2 Å². The van der Waals surface area contributed by atoms with Gasteiger partial charge >= 0.3 is 0 Å². The first-order chi connectivity index (χ1) is 9.74. The number of nitrogens with zero attached hydrogens (tertiary/aromatic N) is 2. The third-order valence-corrected chi connectivity index (χ3v) is 5.15. The zero-order valence-electron chi connectivity index (χ0n) is 12.5. The van der Waals surface area contributed by atoms with Crippen molar-refractivity contribution in [1.29, 1.82) is 0 Å². The van der Waals surface area contributed by atoms with Crippen molar-refractivity contribution in [1.82, 2.24) is 9.80 Å². The van der Waals surface area contributed by atoms with Crippen molar-refractivity contribution >= 4 is 0 Å². The van der Waals surface area contributed by atoms with Crippen LogP contribution in [-0.2, 0) is 0 Å². The predicted octanol–water partition coefficient (Wildman–Crippen LogP) is 1.90. The van der Waals surface area contributed by atoms with E-state index in [4.69, 9.17) is 5.73 Å². The smallest absolute Gasteiger partial charge is 0.0254 e. The van der Waals surface area contributed by atoms with E-state index in [0.717, 1.165) is 6.42 Å². The highest BCUT2D eigenvalue weighted by molar-refractivity contribution is 5.21. The van der Waals surface area contributed by atoms with Gasteiger partial charge in [0.25, 0.3) is 0 Å². The summed E-state index contributed by atoms with van der Waals surface area (Å²) in [6.07, 6.45) is 3.64. The van der Waals surface area contributed by atoms with Crippen molar-refractivity contribution in [3.8, 4) is 0 Å². The van der Waals surface area contributed by atoms with Crippen LogP contribution in [0.2, 0.25) is 0 Å². The molecule has 1 heterocycles. The topological polar surface area (TPSA) is 32.5 Å². The Hall–Kier alpha value is -0.900. The first-order valence-corrected chi connectivity index (χ1v) is 7.97. The summed E-state index contributed by atoms with van der Waals surface area (Å²) in [5.41, 5.74) is 7.93. The SMILES string of the molecule is CN1CCN(C2CC(c3ccccc3)CCC2N)CC1. The molecule has 2 N–H and O–H groups in total. The number of nitrogens with two attached hydrogens (primary N) is 1. The molecule has 110 valence electrons. The Bertz CT molecular complexity index is 412. The molecule has 3 nitrogen and oxygen atoms in total. The molecule has 1 aromatic carbocycles. The van der Waals surface area contributed by atoms with E-state index < -0.39 is 0 Å². The molecule has 1 aliphatic heterocycles. The number of hydrogen-bond acceptors (Lipinski definition) is 3. The average molecular weight is 273 g/mol. The molecule has 0 aromatic heterocycles. The van der Waals surface area contributed by atoms with Gasteiger partial charge in [-0.05, 0) is 37.8 Å². The molecule has 1 aliphatic carbocycles. The highest BCUT2D eigenvalue weighted by Gasteiger charge is 2.33. The molecule has 0 bridgehead atoms. The zero-order valence-corrected chi connectivity index (χ0v) is 12.5. The van der Waals surface area contributed by atoms with Gasteiger partial charge in [-0.25, -0.2) is 0 Å². The fourth-order valence-electron chi connectivity index (χ4n) is 3.77. The second-order valence-electron chi connectivity index (χ2n) is 6.49. The maximum Gasteiger partial charge on any atom is 0.0254 e. The van der Waals surface area contributed by atoms with Gasteiger partial charge in [0.2, 0.25) is 0 Å². The van der Waals surface area contributed by atoms with E-state index >= 15 is 0 Å². The third-order valence-electron chi connectivity index (χ3n) is 5.15. The lowest BCUT2D eigenvalue weighted by atomic mass is 9.78. The predicted molar refractivity (Wildman–Crippen MR) is 83.9 cm³/mol. The van der Waals surface area contributed by atoms with Crippen molar-refractivity contribution in [2.45, 2.75) is 37.3 Å². The van der Waals surface area contributed by atoms with Gasteiger partial charge in [-0.1, -0.05) is 30.3 Å². The molecule has 2 fully saturated rings. The Kier molecular flexibility index (Phi) is 4.39. The molecule has 1 aromatic rings. The number of likely N-dealkylation sites (N-methyl/N-ethyl adjacent to an activating group) is 1. The summed E-state index contributed by atoms with van der Waals surface area (Å²) >= 11 is 0. The van der Waals surface area contributed by atoms with Crippen LogP contribution in [0.15, 0.2) is 30.3 Å². The van der Waals surface area contributed by atoms with Crippen LogP contribution in [0.25, 0.3) is 0 Å². The van der Waals surface area contributed by atoms with Crippen LogP contribution in [-0.4, -0.2) is 55.1 Å². The Morgan fingerprint density at radius 3 is 2.40 bits per heavy atom. The molecule has 20 heavy (non-hydrogen) atoms. The third kappa shape index (κ3) is 3.05. The second-order valence-corrected chi connectivity index (χ2v) is 6.49. The van der Waals surface area contributed by atoms with Gasteiger partial charge in [0.1, 0.15) is 0 Å². The number of piperazine rings is 1. The van der Waals surface area contributed by atoms with Gasteiger partial charge in [0, 0.05) is 38.3 Å². The molecule has 0 amide bonds. The molecule has 3 rings (SSSR count). The molecule has 1 saturated heterocycles. The van der Waals surface area contributed by atoms with Crippen molar-refractivity contribution in [2.24, 2.45) is 5.73 Å². The highest BCUT2D eigenvalue weighted by atomic mass is 15.3. The molecule has 0 radical (unpaired) electrons. The van der Waals surface area contributed by atoms with Gasteiger partial charge < -0.3 is 10.6 Å². The van der Waals surface area contributed by atoms with Crippen LogP contribution >= 0.6 is 0 Å². The van der Waals surface area contributed by atoms with Crippen LogP contribution in [0.3, 0.4) is 0 Å². The summed E-state index contributed by atoms with van der Waals surface area (Å²) in [5.74, 6) is 0.695. The van der Waals surface area contributed by atoms with Crippen LogP contribution < -0.4 is 5.73 Å². The fraction of sp³-hybridized carbons (Fsp3) is 0.647. The van der Waals surface area contributed by atoms with E-state index in [1.807, 2.05) is 0 Å². The molecule has 3 heteroatoms. The quantitative estimate of drug-likeness (QED) is 0.893. The first-order valence-electron chi connectivity index (χ1n) is 7.97. The molecular weight excluding hydrogens is 246 g/mol. The Balaban J connectivity index is 1.67. The Morgan fingerprint density at radius 2 is 1.70 bits per heavy atom. The lowest BCUT2D eigenvalue weighted by Crippen LogP contribution is -2.56. The van der Waals surface area contributed by atoms with Crippen LogP contribution in [0.5, 0.6) is 0 Å². The molecule has 0 spiro atoms. The Labute approximate surface area is 122 Å². The van der Waals surface area contributed by atoms with Crippen LogP contribution in [0, 0.1) is 0 Å². The lowest BCUT2D eigenvalue weighted by molar-refractivity contribution is 0.0750. The summed E-state index contributed by atoms with van der Waals surface area (Å²) in [4.78, 5) is 5.05. The second kappa shape index (κ2) is 6.25. The van der Waals surface area contributed by atoms with Gasteiger partial charge in [-0.2, -0.15) is 0 Å². The van der Waals surface area contributed by atoms with Crippen molar-refractivity contribution in [3.05, 3.63) is 35.9 Å². The average Bonchev–Trinajstić information content (AvgIpc) is 2.50.